The van der Waals surface area contributed by atoms with Crippen molar-refractivity contribution in [2.45, 2.75) is 30.8 Å². The lowest BCUT2D eigenvalue weighted by Gasteiger charge is -2.34. The number of phenols is 8. The van der Waals surface area contributed by atoms with E-state index in [0.717, 1.165) is 30.3 Å². The van der Waals surface area contributed by atoms with E-state index in [0.29, 0.717) is 0 Å². The van der Waals surface area contributed by atoms with Crippen LogP contribution >= 0.6 is 0 Å². The van der Waals surface area contributed by atoms with Gasteiger partial charge >= 0.3 is 0 Å². The fourth-order valence-corrected chi connectivity index (χ4v) is 5.57. The number of carbonyl (C=O) groups excluding carboxylic acids is 1. The smallest absolute Gasteiger partial charge is 0.202 e. The molecule has 10 N–H and O–H groups in total. The third kappa shape index (κ3) is 4.29. The number of ether oxygens (including phenoxy) is 2. The highest BCUT2D eigenvalue weighted by Crippen LogP contribution is 2.54. The second-order valence-electron chi connectivity index (χ2n) is 10.2. The van der Waals surface area contributed by atoms with Gasteiger partial charge in [0.25, 0.3) is 0 Å². The quantitative estimate of drug-likeness (QED) is 0.154. The molecule has 4 aromatic carbocycles. The van der Waals surface area contributed by atoms with Gasteiger partial charge < -0.3 is 60.5 Å². The van der Waals surface area contributed by atoms with Gasteiger partial charge in [0, 0.05) is 58.5 Å². The first-order chi connectivity index (χ1) is 20.4. The van der Waals surface area contributed by atoms with Crippen LogP contribution in [0.1, 0.15) is 39.3 Å². The van der Waals surface area contributed by atoms with E-state index in [2.05, 4.69) is 0 Å². The van der Waals surface area contributed by atoms with Crippen LogP contribution in [-0.4, -0.2) is 69.1 Å². The van der Waals surface area contributed by atoms with Crippen LogP contribution in [0.4, 0.5) is 0 Å². The molecule has 0 saturated carbocycles. The van der Waals surface area contributed by atoms with Gasteiger partial charge in [-0.05, 0) is 12.1 Å². The number of rotatable bonds is 3. The van der Waals surface area contributed by atoms with Crippen LogP contribution in [0.25, 0.3) is 11.1 Å². The molecule has 4 atom stereocenters. The van der Waals surface area contributed by atoms with Crippen molar-refractivity contribution in [3.63, 3.8) is 0 Å². The Hall–Kier alpha value is -5.53. The zero-order valence-corrected chi connectivity index (χ0v) is 21.8. The summed E-state index contributed by atoms with van der Waals surface area (Å²) in [5, 5.41) is 106. The summed E-state index contributed by atoms with van der Waals surface area (Å²) in [5.74, 6) is -6.18. The van der Waals surface area contributed by atoms with E-state index in [4.69, 9.17) is 9.47 Å². The summed E-state index contributed by atoms with van der Waals surface area (Å²) >= 11 is 0. The Balaban J connectivity index is 1.56. The van der Waals surface area contributed by atoms with Crippen LogP contribution in [0.2, 0.25) is 0 Å². The van der Waals surface area contributed by atoms with Gasteiger partial charge in [-0.15, -0.1) is 0 Å². The Kier molecular flexibility index (Phi) is 6.29. The molecule has 2 aliphatic heterocycles. The van der Waals surface area contributed by atoms with Crippen LogP contribution in [0.15, 0.2) is 48.5 Å². The van der Waals surface area contributed by atoms with Gasteiger partial charge in [0.2, 0.25) is 5.78 Å². The number of carbonyl (C=O) groups is 1. The monoisotopic (exact) mass is 592 g/mol. The van der Waals surface area contributed by atoms with Gasteiger partial charge in [-0.2, -0.15) is 0 Å². The number of aromatic hydroxyl groups is 8. The maximum Gasteiger partial charge on any atom is 0.202 e. The van der Waals surface area contributed by atoms with Crippen molar-refractivity contribution in [2.24, 2.45) is 0 Å². The Morgan fingerprint density at radius 2 is 1.09 bits per heavy atom. The molecule has 0 unspecified atom stereocenters. The maximum absolute atomic E-state index is 13.1. The molecule has 43 heavy (non-hydrogen) atoms. The van der Waals surface area contributed by atoms with E-state index in [-0.39, 0.29) is 51.7 Å². The predicted octanol–water partition coefficient (Wildman–Crippen LogP) is 2.71. The number of aliphatic hydroxyl groups excluding tert-OH is 2. The highest BCUT2D eigenvalue weighted by molar-refractivity contribution is 6.06. The summed E-state index contributed by atoms with van der Waals surface area (Å²) in [5.41, 5.74) is -1.26. The van der Waals surface area contributed by atoms with Crippen LogP contribution in [0.3, 0.4) is 0 Å². The number of aliphatic hydroxyl groups is 2. The van der Waals surface area contributed by atoms with Gasteiger partial charge in [-0.1, -0.05) is 12.1 Å². The van der Waals surface area contributed by atoms with Gasteiger partial charge in [-0.25, -0.2) is 0 Å². The normalized spacial score (nSPS) is 20.9. The average Bonchev–Trinajstić information content (AvgIpc) is 2.94. The van der Waals surface area contributed by atoms with E-state index < -0.39 is 75.8 Å². The SMILES string of the molecule is O=C1c2c(O)cc(O)cc2O[C@@H](c2ccc(O)c(O)c2-c2c([C@H]3Oc4cc(O)cc(O)c4C[C@@H]3O)ccc(O)c2O)[C@H]1O. The third-order valence-electron chi connectivity index (χ3n) is 7.55. The van der Waals surface area contributed by atoms with E-state index in [1.54, 1.807) is 0 Å². The molecule has 6 rings (SSSR count). The molecule has 0 fully saturated rings. The van der Waals surface area contributed by atoms with Crippen molar-refractivity contribution >= 4 is 5.78 Å². The summed E-state index contributed by atoms with van der Waals surface area (Å²) in [7, 11) is 0. The summed E-state index contributed by atoms with van der Waals surface area (Å²) in [6.45, 7) is 0. The molecule has 0 aliphatic carbocycles. The van der Waals surface area contributed by atoms with Crippen LogP contribution in [-0.2, 0) is 6.42 Å². The molecular weight excluding hydrogens is 568 g/mol. The zero-order chi connectivity index (χ0) is 30.9. The molecule has 2 heterocycles. The fourth-order valence-electron chi connectivity index (χ4n) is 5.57. The first kappa shape index (κ1) is 27.6. The zero-order valence-electron chi connectivity index (χ0n) is 21.8. The summed E-state index contributed by atoms with van der Waals surface area (Å²) in [4.78, 5) is 13.1. The molecule has 222 valence electrons. The van der Waals surface area contributed by atoms with Crippen molar-refractivity contribution in [3.8, 4) is 68.6 Å². The Morgan fingerprint density at radius 1 is 0.581 bits per heavy atom. The summed E-state index contributed by atoms with van der Waals surface area (Å²) < 4.78 is 11.7. The molecule has 0 aromatic heterocycles. The number of hydrogen-bond donors (Lipinski definition) is 10. The van der Waals surface area contributed by atoms with Crippen molar-refractivity contribution in [3.05, 3.63) is 70.8 Å². The molecule has 0 bridgehead atoms. The van der Waals surface area contributed by atoms with Crippen LogP contribution in [0.5, 0.6) is 57.5 Å². The molecule has 0 radical (unpaired) electrons. The lowest BCUT2D eigenvalue weighted by atomic mass is 9.83. The molecule has 4 aromatic rings. The molecule has 0 amide bonds. The van der Waals surface area contributed by atoms with Gasteiger partial charge in [0.1, 0.15) is 40.1 Å². The second-order valence-corrected chi connectivity index (χ2v) is 10.2. The molecule has 2 aliphatic rings. The van der Waals surface area contributed by atoms with Crippen molar-refractivity contribution in [1.29, 1.82) is 0 Å². The van der Waals surface area contributed by atoms with Crippen molar-refractivity contribution in [2.75, 3.05) is 0 Å². The molecule has 0 saturated heterocycles. The molecule has 13 heteroatoms. The van der Waals surface area contributed by atoms with E-state index >= 15 is 0 Å². The largest absolute Gasteiger partial charge is 0.508 e. The fraction of sp³-hybridized carbons (Fsp3) is 0.167. The van der Waals surface area contributed by atoms with Crippen molar-refractivity contribution < 1.29 is 65.3 Å². The van der Waals surface area contributed by atoms with Gasteiger partial charge in [-0.3, -0.25) is 4.79 Å². The number of benzene rings is 4. The topological polar surface area (TPSA) is 238 Å². The number of ketones is 1. The second kappa shape index (κ2) is 9.79. The van der Waals surface area contributed by atoms with Crippen LogP contribution < -0.4 is 9.47 Å². The minimum Gasteiger partial charge on any atom is -0.508 e. The lowest BCUT2D eigenvalue weighted by Crippen LogP contribution is -2.36. The van der Waals surface area contributed by atoms with Crippen molar-refractivity contribution in [1.82, 2.24) is 0 Å². The molecule has 0 spiro atoms. The minimum absolute atomic E-state index is 0.000440. The Labute approximate surface area is 241 Å². The predicted molar refractivity (Wildman–Crippen MR) is 145 cm³/mol. The highest BCUT2D eigenvalue weighted by atomic mass is 16.5. The Morgan fingerprint density at radius 3 is 1.70 bits per heavy atom. The van der Waals surface area contributed by atoms with E-state index in [9.17, 15) is 55.9 Å². The number of phenolic OH excluding ortho intramolecular Hbond substituents is 8. The van der Waals surface area contributed by atoms with Crippen LogP contribution in [0, 0.1) is 0 Å². The van der Waals surface area contributed by atoms with Gasteiger partial charge in [0.05, 0.1) is 6.10 Å². The average molecular weight is 593 g/mol. The standard InChI is InChI=1S/C30H24O13/c31-10-5-17(35)14-9-19(37)29(42-20(14)7-10)12-1-3-15(33)25(38)22(12)23-13(2-4-16(34)26(23)39)30-28(41)27(40)24-18(36)6-11(32)8-21(24)43-30/h1-8,19,28-39,41H,9H2/t19-,28-,29+,30-/m0/s1. The maximum atomic E-state index is 13.1. The third-order valence-corrected chi connectivity index (χ3v) is 7.55. The number of Topliss-reactive ketones (excluding diaryl/α,β-unsaturated/α-hetero) is 1. The van der Waals surface area contributed by atoms with E-state index in [1.165, 1.54) is 18.2 Å². The highest BCUT2D eigenvalue weighted by Gasteiger charge is 2.42. The minimum atomic E-state index is -2.00. The molecular formula is C30H24O13. The number of fused-ring (bicyclic) bond motifs is 2. The van der Waals surface area contributed by atoms with E-state index in [1.807, 2.05) is 0 Å². The number of hydrogen-bond acceptors (Lipinski definition) is 13. The summed E-state index contributed by atoms with van der Waals surface area (Å²) in [6.07, 6.45) is -6.55. The van der Waals surface area contributed by atoms with Gasteiger partial charge in [0.15, 0.2) is 41.3 Å². The first-order valence-corrected chi connectivity index (χ1v) is 12.8. The molecule has 13 nitrogen and oxygen atoms in total. The lowest BCUT2D eigenvalue weighted by molar-refractivity contribution is 0.0196. The summed E-state index contributed by atoms with van der Waals surface area (Å²) in [6, 6.07) is 8.72. The Bertz CT molecular complexity index is 1820. The first-order valence-electron chi connectivity index (χ1n) is 12.8.